The third kappa shape index (κ3) is 3.00. The molecule has 1 heterocycles. The number of hydrogen-bond acceptors (Lipinski definition) is 6. The third-order valence-electron chi connectivity index (χ3n) is 2.58. The minimum Gasteiger partial charge on any atom is -0.497 e. The molecule has 1 aromatic heterocycles. The zero-order chi connectivity index (χ0) is 14.7. The summed E-state index contributed by atoms with van der Waals surface area (Å²) in [5.41, 5.74) is 6.45. The standard InChI is InChI=1S/C13H16N4O2S/c1-17(2)13-16-11(14)10(20-13)12(18)15-8-4-6-9(19-3)7-5-8/h4-7H,14H2,1-3H3,(H,15,18). The lowest BCUT2D eigenvalue weighted by Gasteiger charge is -2.06. The van der Waals surface area contributed by atoms with Crippen molar-refractivity contribution in [1.29, 1.82) is 0 Å². The Labute approximate surface area is 121 Å². The number of hydrogen-bond donors (Lipinski definition) is 2. The van der Waals surface area contributed by atoms with Crippen molar-refractivity contribution < 1.29 is 9.53 Å². The van der Waals surface area contributed by atoms with Crippen molar-refractivity contribution in [3.05, 3.63) is 29.1 Å². The molecule has 6 nitrogen and oxygen atoms in total. The van der Waals surface area contributed by atoms with Crippen molar-refractivity contribution in [2.45, 2.75) is 0 Å². The number of carbonyl (C=O) groups is 1. The quantitative estimate of drug-likeness (QED) is 0.901. The molecule has 2 aromatic rings. The van der Waals surface area contributed by atoms with Gasteiger partial charge in [0.05, 0.1) is 7.11 Å². The summed E-state index contributed by atoms with van der Waals surface area (Å²) in [5, 5.41) is 3.48. The maximum Gasteiger partial charge on any atom is 0.269 e. The van der Waals surface area contributed by atoms with Crippen LogP contribution in [0.2, 0.25) is 0 Å². The molecule has 7 heteroatoms. The highest BCUT2D eigenvalue weighted by atomic mass is 32.1. The minimum atomic E-state index is -0.265. The molecule has 2 rings (SSSR count). The molecule has 0 aliphatic carbocycles. The van der Waals surface area contributed by atoms with E-state index in [0.717, 1.165) is 5.75 Å². The van der Waals surface area contributed by atoms with Gasteiger partial charge in [0.2, 0.25) is 0 Å². The molecule has 0 unspecified atom stereocenters. The number of carbonyl (C=O) groups excluding carboxylic acids is 1. The first-order chi connectivity index (χ1) is 9.51. The molecule has 0 saturated heterocycles. The average molecular weight is 292 g/mol. The predicted octanol–water partition coefficient (Wildman–Crippen LogP) is 2.05. The number of nitrogens with two attached hydrogens (primary N) is 1. The van der Waals surface area contributed by atoms with E-state index in [0.29, 0.717) is 15.7 Å². The molecule has 0 aliphatic rings. The Hall–Kier alpha value is -2.28. The van der Waals surface area contributed by atoms with Crippen LogP contribution in [0, 0.1) is 0 Å². The summed E-state index contributed by atoms with van der Waals surface area (Å²) in [7, 11) is 5.29. The van der Waals surface area contributed by atoms with Gasteiger partial charge < -0.3 is 20.7 Å². The van der Waals surface area contributed by atoms with E-state index in [9.17, 15) is 4.79 Å². The van der Waals surface area contributed by atoms with Crippen molar-refractivity contribution in [3.8, 4) is 5.75 Å². The van der Waals surface area contributed by atoms with Gasteiger partial charge in [-0.2, -0.15) is 0 Å². The van der Waals surface area contributed by atoms with Crippen molar-refractivity contribution in [3.63, 3.8) is 0 Å². The highest BCUT2D eigenvalue weighted by Crippen LogP contribution is 2.27. The molecule has 20 heavy (non-hydrogen) atoms. The molecule has 106 valence electrons. The molecule has 0 fully saturated rings. The van der Waals surface area contributed by atoms with Crippen LogP contribution in [0.5, 0.6) is 5.75 Å². The number of nitrogen functional groups attached to an aromatic ring is 1. The Kier molecular flexibility index (Phi) is 4.09. The van der Waals surface area contributed by atoms with Crippen LogP contribution in [0.15, 0.2) is 24.3 Å². The molecule has 1 amide bonds. The fourth-order valence-electron chi connectivity index (χ4n) is 1.54. The fourth-order valence-corrected chi connectivity index (χ4v) is 2.34. The summed E-state index contributed by atoms with van der Waals surface area (Å²) >= 11 is 1.26. The maximum absolute atomic E-state index is 12.2. The molecule has 3 N–H and O–H groups in total. The summed E-state index contributed by atoms with van der Waals surface area (Å²) < 4.78 is 5.06. The molecule has 0 saturated carbocycles. The smallest absolute Gasteiger partial charge is 0.269 e. The van der Waals surface area contributed by atoms with Crippen LogP contribution in [0.4, 0.5) is 16.6 Å². The minimum absolute atomic E-state index is 0.240. The van der Waals surface area contributed by atoms with Crippen LogP contribution in [0.1, 0.15) is 9.67 Å². The van der Waals surface area contributed by atoms with E-state index in [1.165, 1.54) is 11.3 Å². The van der Waals surface area contributed by atoms with Crippen molar-refractivity contribution in [2.75, 3.05) is 37.2 Å². The van der Waals surface area contributed by atoms with Crippen molar-refractivity contribution >= 4 is 33.9 Å². The van der Waals surface area contributed by atoms with E-state index in [4.69, 9.17) is 10.5 Å². The number of ether oxygens (including phenoxy) is 1. The van der Waals surface area contributed by atoms with Gasteiger partial charge in [-0.15, -0.1) is 0 Å². The normalized spacial score (nSPS) is 10.2. The van der Waals surface area contributed by atoms with Gasteiger partial charge in [0.1, 0.15) is 16.4 Å². The first-order valence-corrected chi connectivity index (χ1v) is 6.72. The van der Waals surface area contributed by atoms with E-state index in [1.54, 1.807) is 31.4 Å². The van der Waals surface area contributed by atoms with Gasteiger partial charge in [0, 0.05) is 19.8 Å². The third-order valence-corrected chi connectivity index (χ3v) is 3.82. The van der Waals surface area contributed by atoms with Crippen molar-refractivity contribution in [1.82, 2.24) is 4.98 Å². The predicted molar refractivity (Wildman–Crippen MR) is 81.8 cm³/mol. The van der Waals surface area contributed by atoms with E-state index < -0.39 is 0 Å². The second-order valence-electron chi connectivity index (χ2n) is 4.29. The monoisotopic (exact) mass is 292 g/mol. The summed E-state index contributed by atoms with van der Waals surface area (Å²) in [6, 6.07) is 7.08. The van der Waals surface area contributed by atoms with Crippen LogP contribution in [0.25, 0.3) is 0 Å². The van der Waals surface area contributed by atoms with E-state index >= 15 is 0 Å². The van der Waals surface area contributed by atoms with Crippen molar-refractivity contribution in [2.24, 2.45) is 0 Å². The van der Waals surface area contributed by atoms with Gasteiger partial charge >= 0.3 is 0 Å². The zero-order valence-corrected chi connectivity index (χ0v) is 12.3. The average Bonchev–Trinajstić information content (AvgIpc) is 2.82. The van der Waals surface area contributed by atoms with Gasteiger partial charge in [-0.05, 0) is 24.3 Å². The molecule has 0 aliphatic heterocycles. The number of amides is 1. The molecular formula is C13H16N4O2S. The number of rotatable bonds is 4. The molecule has 0 atom stereocenters. The molecular weight excluding hydrogens is 276 g/mol. The van der Waals surface area contributed by atoms with Gasteiger partial charge in [0.25, 0.3) is 5.91 Å². The van der Waals surface area contributed by atoms with E-state index in [2.05, 4.69) is 10.3 Å². The number of anilines is 3. The van der Waals surface area contributed by atoms with E-state index in [1.807, 2.05) is 19.0 Å². The second kappa shape index (κ2) is 5.79. The highest BCUT2D eigenvalue weighted by Gasteiger charge is 2.17. The lowest BCUT2D eigenvalue weighted by atomic mass is 10.3. The van der Waals surface area contributed by atoms with Gasteiger partial charge in [0.15, 0.2) is 5.13 Å². The zero-order valence-electron chi connectivity index (χ0n) is 11.5. The number of nitrogens with zero attached hydrogens (tertiary/aromatic N) is 2. The summed E-state index contributed by atoms with van der Waals surface area (Å²) in [6.07, 6.45) is 0. The lowest BCUT2D eigenvalue weighted by Crippen LogP contribution is -2.12. The van der Waals surface area contributed by atoms with Crippen LogP contribution >= 0.6 is 11.3 Å². The number of nitrogens with one attached hydrogen (secondary N) is 1. The second-order valence-corrected chi connectivity index (χ2v) is 5.27. The van der Waals surface area contributed by atoms with Gasteiger partial charge in [-0.1, -0.05) is 11.3 Å². The first-order valence-electron chi connectivity index (χ1n) is 5.90. The molecule has 0 radical (unpaired) electrons. The maximum atomic E-state index is 12.2. The van der Waals surface area contributed by atoms with Gasteiger partial charge in [-0.3, -0.25) is 4.79 Å². The Morgan fingerprint density at radius 3 is 2.50 bits per heavy atom. The summed E-state index contributed by atoms with van der Waals surface area (Å²) in [6.45, 7) is 0. The molecule has 0 bridgehead atoms. The summed E-state index contributed by atoms with van der Waals surface area (Å²) in [4.78, 5) is 18.5. The number of thiazole rings is 1. The fraction of sp³-hybridized carbons (Fsp3) is 0.231. The Morgan fingerprint density at radius 2 is 2.00 bits per heavy atom. The number of aromatic nitrogens is 1. The van der Waals surface area contributed by atoms with Crippen LogP contribution < -0.4 is 20.7 Å². The Bertz CT molecular complexity index is 607. The van der Waals surface area contributed by atoms with Crippen LogP contribution in [0.3, 0.4) is 0 Å². The molecule has 0 spiro atoms. The van der Waals surface area contributed by atoms with E-state index in [-0.39, 0.29) is 11.7 Å². The topological polar surface area (TPSA) is 80.5 Å². The molecule has 1 aromatic carbocycles. The highest BCUT2D eigenvalue weighted by molar-refractivity contribution is 7.18. The Balaban J connectivity index is 2.14. The van der Waals surface area contributed by atoms with Gasteiger partial charge in [-0.25, -0.2) is 4.98 Å². The SMILES string of the molecule is COc1ccc(NC(=O)c2sc(N(C)C)nc2N)cc1. The van der Waals surface area contributed by atoms with Crippen LogP contribution in [-0.2, 0) is 0 Å². The first kappa shape index (κ1) is 14.1. The summed E-state index contributed by atoms with van der Waals surface area (Å²) in [5.74, 6) is 0.707. The Morgan fingerprint density at radius 1 is 1.35 bits per heavy atom. The van der Waals surface area contributed by atoms with Crippen LogP contribution in [-0.4, -0.2) is 32.1 Å². The lowest BCUT2D eigenvalue weighted by molar-refractivity contribution is 0.103. The largest absolute Gasteiger partial charge is 0.497 e. The number of benzene rings is 1. The number of methoxy groups -OCH3 is 1.